The van der Waals surface area contributed by atoms with Gasteiger partial charge in [0.25, 0.3) is 0 Å². The van der Waals surface area contributed by atoms with Crippen molar-refractivity contribution >= 4 is 35.1 Å². The third kappa shape index (κ3) is 6.45. The molecule has 1 amide bonds. The lowest BCUT2D eigenvalue weighted by Gasteiger charge is -2.10. The molecule has 1 aromatic rings. The Bertz CT molecular complexity index is 457. The van der Waals surface area contributed by atoms with Crippen molar-refractivity contribution in [3.8, 4) is 0 Å². The molecule has 1 atom stereocenters. The molecule has 0 aliphatic carbocycles. The molecule has 6 heteroatoms. The molecule has 0 aliphatic rings. The van der Waals surface area contributed by atoms with Gasteiger partial charge in [-0.05, 0) is 29.7 Å². The number of carboxylic acids is 1. The topological polar surface area (TPSA) is 66.4 Å². The molecule has 0 radical (unpaired) electrons. The van der Waals surface area contributed by atoms with Gasteiger partial charge in [-0.25, -0.2) is 0 Å². The predicted octanol–water partition coefficient (Wildman–Crippen LogP) is 3.11. The largest absolute Gasteiger partial charge is 0.481 e. The van der Waals surface area contributed by atoms with Crippen LogP contribution in [0.4, 0.5) is 0 Å². The van der Waals surface area contributed by atoms with Gasteiger partial charge in [0.15, 0.2) is 0 Å². The van der Waals surface area contributed by atoms with Crippen molar-refractivity contribution in [2.45, 2.75) is 26.3 Å². The van der Waals surface area contributed by atoms with E-state index in [2.05, 4.69) is 5.32 Å². The number of carboxylic acid groups (broad SMARTS) is 1. The number of hydrogen-bond acceptors (Lipinski definition) is 2. The summed E-state index contributed by atoms with van der Waals surface area (Å²) >= 11 is 11.7. The highest BCUT2D eigenvalue weighted by Gasteiger charge is 2.12. The van der Waals surface area contributed by atoms with Gasteiger partial charge in [-0.1, -0.05) is 30.1 Å². The number of aliphatic carboxylic acids is 1. The van der Waals surface area contributed by atoms with Crippen LogP contribution in [0.5, 0.6) is 0 Å². The van der Waals surface area contributed by atoms with E-state index >= 15 is 0 Å². The zero-order chi connectivity index (χ0) is 14.4. The molecular weight excluding hydrogens is 289 g/mol. The average Bonchev–Trinajstić information content (AvgIpc) is 2.23. The number of rotatable bonds is 6. The Morgan fingerprint density at radius 1 is 1.21 bits per heavy atom. The Hall–Kier alpha value is -1.26. The Labute approximate surface area is 121 Å². The lowest BCUT2D eigenvalue weighted by Crippen LogP contribution is -2.25. The first-order chi connectivity index (χ1) is 8.86. The summed E-state index contributed by atoms with van der Waals surface area (Å²) < 4.78 is 0. The van der Waals surface area contributed by atoms with Crippen molar-refractivity contribution < 1.29 is 14.7 Å². The molecule has 0 spiro atoms. The summed E-state index contributed by atoms with van der Waals surface area (Å²) in [5.41, 5.74) is 0.803. The second-order valence-corrected chi connectivity index (χ2v) is 5.33. The van der Waals surface area contributed by atoms with Crippen molar-refractivity contribution in [3.05, 3.63) is 33.8 Å². The smallest absolute Gasteiger partial charge is 0.303 e. The monoisotopic (exact) mass is 303 g/mol. The first-order valence-electron chi connectivity index (χ1n) is 5.80. The van der Waals surface area contributed by atoms with Gasteiger partial charge in [-0.15, -0.1) is 0 Å². The van der Waals surface area contributed by atoms with E-state index in [0.717, 1.165) is 5.56 Å². The second-order valence-electron chi connectivity index (χ2n) is 4.46. The molecule has 1 rings (SSSR count). The van der Waals surface area contributed by atoms with E-state index in [4.69, 9.17) is 28.3 Å². The number of amides is 1. The van der Waals surface area contributed by atoms with E-state index in [1.807, 2.05) is 0 Å². The first kappa shape index (κ1) is 15.8. The van der Waals surface area contributed by atoms with Crippen molar-refractivity contribution in [2.75, 3.05) is 0 Å². The van der Waals surface area contributed by atoms with E-state index in [9.17, 15) is 9.59 Å². The molecule has 0 fully saturated rings. The lowest BCUT2D eigenvalue weighted by molar-refractivity contribution is -0.138. The molecule has 0 heterocycles. The zero-order valence-corrected chi connectivity index (χ0v) is 12.0. The molecule has 4 nitrogen and oxygen atoms in total. The summed E-state index contributed by atoms with van der Waals surface area (Å²) in [6, 6.07) is 5.05. The van der Waals surface area contributed by atoms with Crippen LogP contribution < -0.4 is 5.32 Å². The van der Waals surface area contributed by atoms with Crippen LogP contribution in [-0.2, 0) is 16.1 Å². The highest BCUT2D eigenvalue weighted by Crippen LogP contribution is 2.19. The van der Waals surface area contributed by atoms with E-state index in [1.165, 1.54) is 0 Å². The van der Waals surface area contributed by atoms with Gasteiger partial charge in [0.2, 0.25) is 5.91 Å². The van der Waals surface area contributed by atoms with Gasteiger partial charge in [-0.2, -0.15) is 0 Å². The van der Waals surface area contributed by atoms with E-state index in [1.54, 1.807) is 25.1 Å². The van der Waals surface area contributed by atoms with Crippen molar-refractivity contribution in [1.29, 1.82) is 0 Å². The number of hydrogen-bond donors (Lipinski definition) is 2. The number of halogens is 2. The summed E-state index contributed by atoms with van der Waals surface area (Å²) in [6.45, 7) is 2.04. The second kappa shape index (κ2) is 7.36. The van der Waals surface area contributed by atoms with Gasteiger partial charge in [0.05, 0.1) is 0 Å². The molecule has 2 N–H and O–H groups in total. The van der Waals surface area contributed by atoms with E-state index in [0.29, 0.717) is 16.6 Å². The average molecular weight is 304 g/mol. The van der Waals surface area contributed by atoms with Crippen LogP contribution in [0.1, 0.15) is 25.3 Å². The van der Waals surface area contributed by atoms with Gasteiger partial charge in [-0.3, -0.25) is 9.59 Å². The van der Waals surface area contributed by atoms with Crippen molar-refractivity contribution in [3.63, 3.8) is 0 Å². The molecule has 0 aromatic heterocycles. The first-order valence-corrected chi connectivity index (χ1v) is 6.56. The van der Waals surface area contributed by atoms with Gasteiger partial charge >= 0.3 is 5.97 Å². The summed E-state index contributed by atoms with van der Waals surface area (Å²) in [7, 11) is 0. The molecule has 1 aromatic carbocycles. The van der Waals surface area contributed by atoms with Crippen LogP contribution >= 0.6 is 23.2 Å². The highest BCUT2D eigenvalue weighted by molar-refractivity contribution is 6.34. The van der Waals surface area contributed by atoms with E-state index < -0.39 is 5.97 Å². The van der Waals surface area contributed by atoms with Crippen LogP contribution in [0.15, 0.2) is 18.2 Å². The number of carbonyl (C=O) groups excluding carboxylic acids is 1. The SMILES string of the molecule is CC(CC(=O)O)CC(=O)NCc1cc(Cl)cc(Cl)c1. The zero-order valence-electron chi connectivity index (χ0n) is 10.5. The Kier molecular flexibility index (Phi) is 6.12. The number of benzene rings is 1. The van der Waals surface area contributed by atoms with Gasteiger partial charge < -0.3 is 10.4 Å². The van der Waals surface area contributed by atoms with Gasteiger partial charge in [0.1, 0.15) is 0 Å². The van der Waals surface area contributed by atoms with Crippen LogP contribution in [-0.4, -0.2) is 17.0 Å². The van der Waals surface area contributed by atoms with Crippen LogP contribution in [0.2, 0.25) is 10.0 Å². The maximum Gasteiger partial charge on any atom is 0.303 e. The summed E-state index contributed by atoms with van der Waals surface area (Å²) in [6.07, 6.45) is 0.164. The summed E-state index contributed by atoms with van der Waals surface area (Å²) in [4.78, 5) is 22.1. The fourth-order valence-electron chi connectivity index (χ4n) is 1.67. The molecule has 0 aliphatic heterocycles. The molecular formula is C13H15Cl2NO3. The third-order valence-corrected chi connectivity index (χ3v) is 2.91. The van der Waals surface area contributed by atoms with E-state index in [-0.39, 0.29) is 24.7 Å². The molecule has 0 saturated carbocycles. The summed E-state index contributed by atoms with van der Waals surface area (Å²) in [5, 5.41) is 12.3. The molecule has 0 saturated heterocycles. The minimum atomic E-state index is -0.901. The maximum atomic E-state index is 11.6. The molecule has 104 valence electrons. The van der Waals surface area contributed by atoms with Crippen molar-refractivity contribution in [2.24, 2.45) is 5.92 Å². The fraction of sp³-hybridized carbons (Fsp3) is 0.385. The third-order valence-electron chi connectivity index (χ3n) is 2.47. The minimum absolute atomic E-state index is 0.0174. The Balaban J connectivity index is 2.43. The standard InChI is InChI=1S/C13H15Cl2NO3/c1-8(3-13(18)19)2-12(17)16-7-9-4-10(14)6-11(15)5-9/h4-6,8H,2-3,7H2,1H3,(H,16,17)(H,18,19). The number of nitrogens with one attached hydrogen (secondary N) is 1. The normalized spacial score (nSPS) is 11.9. The minimum Gasteiger partial charge on any atom is -0.481 e. The maximum absolute atomic E-state index is 11.6. The summed E-state index contributed by atoms with van der Waals surface area (Å²) in [5.74, 6) is -1.28. The molecule has 1 unspecified atom stereocenters. The lowest BCUT2D eigenvalue weighted by atomic mass is 10.0. The van der Waals surface area contributed by atoms with Crippen LogP contribution in [0, 0.1) is 5.92 Å². The highest BCUT2D eigenvalue weighted by atomic mass is 35.5. The quantitative estimate of drug-likeness (QED) is 0.848. The fourth-order valence-corrected chi connectivity index (χ4v) is 2.24. The van der Waals surface area contributed by atoms with Crippen molar-refractivity contribution in [1.82, 2.24) is 5.32 Å². The van der Waals surface area contributed by atoms with Crippen LogP contribution in [0.3, 0.4) is 0 Å². The molecule has 19 heavy (non-hydrogen) atoms. The van der Waals surface area contributed by atoms with Gasteiger partial charge in [0, 0.05) is 29.4 Å². The Morgan fingerprint density at radius 2 is 1.79 bits per heavy atom. The molecule has 0 bridgehead atoms. The van der Waals surface area contributed by atoms with Crippen LogP contribution in [0.25, 0.3) is 0 Å². The number of carbonyl (C=O) groups is 2. The Morgan fingerprint density at radius 3 is 2.32 bits per heavy atom. The predicted molar refractivity (Wildman–Crippen MR) is 74.3 cm³/mol.